The fourth-order valence-electron chi connectivity index (χ4n) is 4.64. The largest absolute Gasteiger partial charge is 0.488 e. The summed E-state index contributed by atoms with van der Waals surface area (Å²) in [4.78, 5) is 36.2. The number of hydrogen-bond acceptors (Lipinski definition) is 7. The number of aromatic nitrogens is 3. The van der Waals surface area contributed by atoms with Crippen molar-refractivity contribution in [3.05, 3.63) is 83.7 Å². The molecule has 3 aromatic carbocycles. The van der Waals surface area contributed by atoms with Crippen molar-refractivity contribution in [2.24, 2.45) is 10.9 Å². The molecule has 0 bridgehead atoms. The van der Waals surface area contributed by atoms with Gasteiger partial charge in [-0.2, -0.15) is 4.99 Å². The molecular weight excluding hydrogens is 614 g/mol. The molecule has 0 spiro atoms. The summed E-state index contributed by atoms with van der Waals surface area (Å²) >= 11 is 1.21. The van der Waals surface area contributed by atoms with Crippen LogP contribution in [0.2, 0.25) is 0 Å². The highest BCUT2D eigenvalue weighted by Crippen LogP contribution is 2.32. The SMILES string of the molecule is Cc1ccc(COCC(C)C)c(N2C(=O)CS/C2=N\C(=O)Nc2ccc(-c3ncn(-c4ccc(OCC(F)F)cc4)n3)cc2C)c1. The van der Waals surface area contributed by atoms with Crippen molar-refractivity contribution >= 4 is 40.2 Å². The van der Waals surface area contributed by atoms with Crippen LogP contribution in [0.4, 0.5) is 25.0 Å². The lowest BCUT2D eigenvalue weighted by Gasteiger charge is -2.21. The van der Waals surface area contributed by atoms with E-state index in [-0.39, 0.29) is 11.7 Å². The number of aliphatic imine (C=N–C) groups is 1. The minimum atomic E-state index is -2.55. The molecule has 3 amide bonds. The number of carbonyl (C=O) groups excluding carboxylic acids is 2. The van der Waals surface area contributed by atoms with Crippen molar-refractivity contribution < 1.29 is 27.8 Å². The Labute approximate surface area is 269 Å². The minimum Gasteiger partial charge on any atom is -0.488 e. The first-order chi connectivity index (χ1) is 22.1. The van der Waals surface area contributed by atoms with Crippen LogP contribution in [0, 0.1) is 19.8 Å². The van der Waals surface area contributed by atoms with Crippen molar-refractivity contribution in [2.75, 3.05) is 29.2 Å². The molecule has 5 rings (SSSR count). The van der Waals surface area contributed by atoms with Crippen molar-refractivity contribution in [1.29, 1.82) is 0 Å². The van der Waals surface area contributed by atoms with Gasteiger partial charge in [-0.15, -0.1) is 5.10 Å². The fourth-order valence-corrected chi connectivity index (χ4v) is 5.50. The van der Waals surface area contributed by atoms with E-state index >= 15 is 0 Å². The molecule has 1 N–H and O–H groups in total. The number of amidine groups is 1. The summed E-state index contributed by atoms with van der Waals surface area (Å²) in [5, 5.41) is 7.65. The zero-order valence-corrected chi connectivity index (χ0v) is 26.7. The second kappa shape index (κ2) is 14.6. The van der Waals surface area contributed by atoms with E-state index in [9.17, 15) is 18.4 Å². The number of aryl methyl sites for hydroxylation is 2. The maximum Gasteiger partial charge on any atom is 0.347 e. The number of amides is 3. The van der Waals surface area contributed by atoms with Crippen LogP contribution in [0.5, 0.6) is 5.75 Å². The lowest BCUT2D eigenvalue weighted by molar-refractivity contribution is -0.115. The van der Waals surface area contributed by atoms with Crippen LogP contribution in [-0.4, -0.2) is 57.3 Å². The van der Waals surface area contributed by atoms with E-state index in [1.165, 1.54) is 16.7 Å². The summed E-state index contributed by atoms with van der Waals surface area (Å²) in [6.07, 6.45) is -0.998. The van der Waals surface area contributed by atoms with Gasteiger partial charge in [0.25, 0.3) is 6.43 Å². The number of nitrogens with one attached hydrogen (secondary N) is 1. The van der Waals surface area contributed by atoms with Gasteiger partial charge in [-0.3, -0.25) is 9.69 Å². The zero-order chi connectivity index (χ0) is 32.8. The van der Waals surface area contributed by atoms with Crippen molar-refractivity contribution in [3.63, 3.8) is 0 Å². The quantitative estimate of drug-likeness (QED) is 0.186. The maximum atomic E-state index is 13.1. The molecule has 4 aromatic rings. The van der Waals surface area contributed by atoms with E-state index in [1.807, 2.05) is 38.1 Å². The van der Waals surface area contributed by atoms with E-state index < -0.39 is 19.1 Å². The topological polar surface area (TPSA) is 111 Å². The summed E-state index contributed by atoms with van der Waals surface area (Å²) in [6, 6.07) is 17.2. The number of thioether (sulfide) groups is 1. The Kier molecular flexibility index (Phi) is 10.4. The third-order valence-electron chi connectivity index (χ3n) is 6.85. The van der Waals surface area contributed by atoms with E-state index in [2.05, 4.69) is 34.2 Å². The molecule has 0 saturated carbocycles. The standard InChI is InChI=1S/C33H34F2N6O4S/c1-20(2)15-44-16-24-6-5-21(3)13-28(24)41-30(42)18-46-33(41)38-32(43)37-27-12-7-23(14-22(27)4)31-36-19-40(39-31)25-8-10-26(11-9-25)45-17-29(34)35/h5-14,19-20,29H,15-18H2,1-4H3,(H,37,43)/b38-33-. The average molecular weight is 649 g/mol. The Hall–Kier alpha value is -4.62. The highest BCUT2D eigenvalue weighted by molar-refractivity contribution is 8.15. The number of ether oxygens (including phenoxy) is 2. The first-order valence-electron chi connectivity index (χ1n) is 14.6. The van der Waals surface area contributed by atoms with Crippen LogP contribution in [0.3, 0.4) is 0 Å². The molecule has 1 fully saturated rings. The lowest BCUT2D eigenvalue weighted by atomic mass is 10.1. The monoisotopic (exact) mass is 648 g/mol. The molecule has 0 atom stereocenters. The second-order valence-electron chi connectivity index (χ2n) is 11.1. The number of halogens is 2. The van der Waals surface area contributed by atoms with E-state index in [0.717, 1.165) is 22.3 Å². The molecule has 2 heterocycles. The number of rotatable bonds is 11. The number of benzene rings is 3. The highest BCUT2D eigenvalue weighted by Gasteiger charge is 2.32. The molecule has 46 heavy (non-hydrogen) atoms. The van der Waals surface area contributed by atoms with Crippen LogP contribution in [0.15, 0.2) is 72.0 Å². The number of urea groups is 1. The van der Waals surface area contributed by atoms with Gasteiger partial charge in [-0.1, -0.05) is 37.7 Å². The van der Waals surface area contributed by atoms with Crippen molar-refractivity contribution in [3.8, 4) is 22.8 Å². The number of hydrogen-bond donors (Lipinski definition) is 1. The summed E-state index contributed by atoms with van der Waals surface area (Å²) < 4.78 is 37.2. The molecular formula is C33H34F2N6O4S. The van der Waals surface area contributed by atoms with Crippen molar-refractivity contribution in [2.45, 2.75) is 40.7 Å². The van der Waals surface area contributed by atoms with Crippen LogP contribution in [0.25, 0.3) is 17.1 Å². The van der Waals surface area contributed by atoms with Gasteiger partial charge < -0.3 is 14.8 Å². The molecule has 0 aliphatic carbocycles. The van der Waals surface area contributed by atoms with E-state index in [4.69, 9.17) is 9.47 Å². The van der Waals surface area contributed by atoms with Gasteiger partial charge in [-0.25, -0.2) is 23.2 Å². The first kappa shape index (κ1) is 32.8. The Balaban J connectivity index is 1.28. The predicted molar refractivity (Wildman–Crippen MR) is 175 cm³/mol. The van der Waals surface area contributed by atoms with Crippen LogP contribution in [0.1, 0.15) is 30.5 Å². The van der Waals surface area contributed by atoms with Gasteiger partial charge in [0.15, 0.2) is 11.0 Å². The molecule has 1 aromatic heterocycles. The van der Waals surface area contributed by atoms with Crippen molar-refractivity contribution in [1.82, 2.24) is 14.8 Å². The molecule has 13 heteroatoms. The zero-order valence-electron chi connectivity index (χ0n) is 25.9. The van der Waals surface area contributed by atoms with Gasteiger partial charge in [0.1, 0.15) is 18.7 Å². The Morgan fingerprint density at radius 2 is 1.85 bits per heavy atom. The molecule has 1 saturated heterocycles. The summed E-state index contributed by atoms with van der Waals surface area (Å²) in [5.41, 5.74) is 5.20. The molecule has 10 nitrogen and oxygen atoms in total. The van der Waals surface area contributed by atoms with Crippen LogP contribution in [-0.2, 0) is 16.1 Å². The number of alkyl halides is 2. The Bertz CT molecular complexity index is 1740. The Morgan fingerprint density at radius 3 is 2.57 bits per heavy atom. The summed E-state index contributed by atoms with van der Waals surface area (Å²) in [6.45, 7) is 8.19. The normalized spacial score (nSPS) is 14.1. The molecule has 240 valence electrons. The molecule has 1 aliphatic heterocycles. The minimum absolute atomic E-state index is 0.157. The number of carbonyl (C=O) groups is 2. The van der Waals surface area contributed by atoms with Gasteiger partial charge in [0.05, 0.1) is 23.7 Å². The molecule has 0 unspecified atom stereocenters. The van der Waals surface area contributed by atoms with Crippen LogP contribution >= 0.6 is 11.8 Å². The first-order valence-corrected chi connectivity index (χ1v) is 15.6. The van der Waals surface area contributed by atoms with Crippen LogP contribution < -0.4 is 15.0 Å². The number of anilines is 2. The van der Waals surface area contributed by atoms with E-state index in [0.29, 0.717) is 52.9 Å². The third-order valence-corrected chi connectivity index (χ3v) is 7.77. The highest BCUT2D eigenvalue weighted by atomic mass is 32.2. The molecule has 1 aliphatic rings. The number of nitrogens with zero attached hydrogens (tertiary/aromatic N) is 5. The summed E-state index contributed by atoms with van der Waals surface area (Å²) in [5.74, 6) is 1.19. The van der Waals surface area contributed by atoms with E-state index in [1.54, 1.807) is 47.4 Å². The Morgan fingerprint density at radius 1 is 1.07 bits per heavy atom. The lowest BCUT2D eigenvalue weighted by Crippen LogP contribution is -2.31. The predicted octanol–water partition coefficient (Wildman–Crippen LogP) is 7.04. The third kappa shape index (κ3) is 8.15. The van der Waals surface area contributed by atoms with Gasteiger partial charge in [0, 0.05) is 23.4 Å². The van der Waals surface area contributed by atoms with Gasteiger partial charge in [-0.05, 0) is 79.4 Å². The van der Waals surface area contributed by atoms with Gasteiger partial charge in [0.2, 0.25) is 5.91 Å². The maximum absolute atomic E-state index is 13.1. The van der Waals surface area contributed by atoms with Gasteiger partial charge >= 0.3 is 6.03 Å². The fraction of sp³-hybridized carbons (Fsp3) is 0.303. The molecule has 0 radical (unpaired) electrons. The summed E-state index contributed by atoms with van der Waals surface area (Å²) in [7, 11) is 0. The smallest absolute Gasteiger partial charge is 0.347 e. The average Bonchev–Trinajstić information content (AvgIpc) is 3.65. The second-order valence-corrected chi connectivity index (χ2v) is 12.1.